The van der Waals surface area contributed by atoms with Crippen LogP contribution in [0.25, 0.3) is 0 Å². The van der Waals surface area contributed by atoms with Crippen molar-refractivity contribution in [2.24, 2.45) is 17.8 Å². The van der Waals surface area contributed by atoms with Crippen LogP contribution in [0.3, 0.4) is 0 Å². The van der Waals surface area contributed by atoms with Crippen LogP contribution in [0.2, 0.25) is 0 Å². The maximum Gasteiger partial charge on any atom is 0.152 e. The number of carbonyl (C=O) groups excluding carboxylic acids is 1. The second-order valence-electron chi connectivity index (χ2n) is 6.39. The zero-order valence-electron chi connectivity index (χ0n) is 14.6. The molecule has 0 N–H and O–H groups in total. The molecule has 0 radical (unpaired) electrons. The number of ketones is 1. The zero-order chi connectivity index (χ0) is 15.9. The highest BCUT2D eigenvalue weighted by atomic mass is 16.1. The van der Waals surface area contributed by atoms with Gasteiger partial charge < -0.3 is 0 Å². The molecule has 0 saturated carbocycles. The molecule has 0 aromatic heterocycles. The van der Waals surface area contributed by atoms with Crippen LogP contribution in [0.1, 0.15) is 48.5 Å². The molecular weight excluding hydrogens is 246 g/mol. The Balaban J connectivity index is 5.15. The van der Waals surface area contributed by atoms with Crippen LogP contribution in [-0.2, 0) is 4.79 Å². The van der Waals surface area contributed by atoms with Crippen LogP contribution >= 0.6 is 0 Å². The Hall–Kier alpha value is -0.890. The highest BCUT2D eigenvalue weighted by Crippen LogP contribution is 2.24. The largest absolute Gasteiger partial charge is 0.298 e. The maximum atomic E-state index is 12.6. The fraction of sp³-hybridized carbons (Fsp3) is 0.722. The number of nitrogens with zero attached hydrogens (tertiary/aromatic N) is 1. The number of Topliss-reactive ketones (excluding diaryl/α,β-unsaturated/α-hetero) is 1. The van der Waals surface area contributed by atoms with Gasteiger partial charge in [0, 0.05) is 12.0 Å². The fourth-order valence-corrected chi connectivity index (χ4v) is 2.31. The van der Waals surface area contributed by atoms with Gasteiger partial charge in [0.1, 0.15) is 0 Å². The summed E-state index contributed by atoms with van der Waals surface area (Å²) < 4.78 is 0. The average molecular weight is 279 g/mol. The molecule has 0 spiro atoms. The summed E-state index contributed by atoms with van der Waals surface area (Å²) in [6.45, 7) is 14.7. The van der Waals surface area contributed by atoms with E-state index in [1.807, 2.05) is 32.9 Å². The topological polar surface area (TPSA) is 20.3 Å². The summed E-state index contributed by atoms with van der Waals surface area (Å²) >= 11 is 0. The summed E-state index contributed by atoms with van der Waals surface area (Å²) in [6.07, 6.45) is 8.33. The standard InChI is InChI=1S/C18H33NO/c1-9-10-11-12-15(6)16(7)17(18(20)13(2)3)19(8)14(4)5/h9-17H,1-8H3/b10-9+,12-11+/t15-,16-,17+/m1/s1. The maximum absolute atomic E-state index is 12.6. The van der Waals surface area contributed by atoms with Gasteiger partial charge >= 0.3 is 0 Å². The zero-order valence-corrected chi connectivity index (χ0v) is 14.6. The van der Waals surface area contributed by atoms with E-state index in [1.54, 1.807) is 0 Å². The minimum atomic E-state index is -0.0137. The Morgan fingerprint density at radius 2 is 1.55 bits per heavy atom. The van der Waals surface area contributed by atoms with Crippen molar-refractivity contribution >= 4 is 5.78 Å². The third-order valence-electron chi connectivity index (χ3n) is 4.16. The second-order valence-corrected chi connectivity index (χ2v) is 6.39. The van der Waals surface area contributed by atoms with E-state index in [2.05, 4.69) is 51.8 Å². The van der Waals surface area contributed by atoms with Gasteiger partial charge in [-0.3, -0.25) is 9.69 Å². The predicted octanol–water partition coefficient (Wildman–Crippen LogP) is 4.32. The molecule has 0 rings (SSSR count). The van der Waals surface area contributed by atoms with Crippen molar-refractivity contribution in [3.8, 4) is 0 Å². The van der Waals surface area contributed by atoms with Gasteiger partial charge in [-0.15, -0.1) is 0 Å². The Labute approximate surface area is 125 Å². The molecule has 0 aliphatic heterocycles. The molecule has 0 bridgehead atoms. The molecule has 0 heterocycles. The van der Waals surface area contributed by atoms with E-state index >= 15 is 0 Å². The number of allylic oxidation sites excluding steroid dienone is 4. The Morgan fingerprint density at radius 3 is 1.95 bits per heavy atom. The number of rotatable bonds is 8. The van der Waals surface area contributed by atoms with Crippen molar-refractivity contribution in [1.82, 2.24) is 4.90 Å². The van der Waals surface area contributed by atoms with Gasteiger partial charge in [0.2, 0.25) is 0 Å². The summed E-state index contributed by atoms with van der Waals surface area (Å²) in [4.78, 5) is 14.8. The van der Waals surface area contributed by atoms with E-state index in [4.69, 9.17) is 0 Å². The lowest BCUT2D eigenvalue weighted by atomic mass is 9.82. The molecule has 0 fully saturated rings. The van der Waals surface area contributed by atoms with Gasteiger partial charge in [-0.2, -0.15) is 0 Å². The first-order chi connectivity index (χ1) is 9.23. The van der Waals surface area contributed by atoms with Crippen LogP contribution in [0, 0.1) is 17.8 Å². The van der Waals surface area contributed by atoms with Gasteiger partial charge in [0.15, 0.2) is 5.78 Å². The third-order valence-corrected chi connectivity index (χ3v) is 4.16. The molecule has 0 saturated heterocycles. The monoisotopic (exact) mass is 279 g/mol. The van der Waals surface area contributed by atoms with Crippen molar-refractivity contribution in [3.05, 3.63) is 24.3 Å². The van der Waals surface area contributed by atoms with E-state index in [0.717, 1.165) is 0 Å². The van der Waals surface area contributed by atoms with E-state index in [0.29, 0.717) is 23.7 Å². The SMILES string of the molecule is C/C=C/C=C/[C@@H](C)[C@@H](C)[C@@H](C(=O)C(C)C)N(C)C(C)C. The summed E-state index contributed by atoms with van der Waals surface area (Å²) in [5.41, 5.74) is 0. The van der Waals surface area contributed by atoms with Gasteiger partial charge in [-0.1, -0.05) is 52.0 Å². The van der Waals surface area contributed by atoms with Crippen molar-refractivity contribution in [2.75, 3.05) is 7.05 Å². The quantitative estimate of drug-likeness (QED) is 0.617. The van der Waals surface area contributed by atoms with Crippen molar-refractivity contribution < 1.29 is 4.79 Å². The van der Waals surface area contributed by atoms with Gasteiger partial charge in [0.05, 0.1) is 6.04 Å². The first-order valence-electron chi connectivity index (χ1n) is 7.79. The summed E-state index contributed by atoms with van der Waals surface area (Å²) in [6, 6.07) is 0.358. The smallest absolute Gasteiger partial charge is 0.152 e. The Kier molecular flexibility index (Phi) is 8.71. The molecular formula is C18H33NO. The minimum absolute atomic E-state index is 0.0137. The van der Waals surface area contributed by atoms with Gasteiger partial charge in [-0.05, 0) is 39.7 Å². The average Bonchev–Trinajstić information content (AvgIpc) is 2.38. The van der Waals surface area contributed by atoms with E-state index in [1.165, 1.54) is 0 Å². The third kappa shape index (κ3) is 5.62. The van der Waals surface area contributed by atoms with E-state index in [-0.39, 0.29) is 12.0 Å². The molecule has 0 unspecified atom stereocenters. The van der Waals surface area contributed by atoms with Crippen molar-refractivity contribution in [3.63, 3.8) is 0 Å². The number of hydrogen-bond donors (Lipinski definition) is 0. The molecule has 0 amide bonds. The number of hydrogen-bond acceptors (Lipinski definition) is 2. The van der Waals surface area contributed by atoms with Crippen molar-refractivity contribution in [1.29, 1.82) is 0 Å². The van der Waals surface area contributed by atoms with Crippen LogP contribution in [0.5, 0.6) is 0 Å². The summed E-state index contributed by atoms with van der Waals surface area (Å²) in [5.74, 6) is 1.11. The minimum Gasteiger partial charge on any atom is -0.298 e. The molecule has 116 valence electrons. The van der Waals surface area contributed by atoms with Crippen LogP contribution in [-0.4, -0.2) is 29.8 Å². The van der Waals surface area contributed by atoms with Gasteiger partial charge in [-0.25, -0.2) is 0 Å². The fourth-order valence-electron chi connectivity index (χ4n) is 2.31. The molecule has 0 aliphatic carbocycles. The first kappa shape index (κ1) is 19.1. The molecule has 2 heteroatoms. The van der Waals surface area contributed by atoms with Crippen LogP contribution < -0.4 is 0 Å². The highest BCUT2D eigenvalue weighted by molar-refractivity contribution is 5.86. The normalized spacial score (nSPS) is 17.6. The summed E-state index contributed by atoms with van der Waals surface area (Å²) in [7, 11) is 2.06. The first-order valence-corrected chi connectivity index (χ1v) is 7.79. The highest BCUT2D eigenvalue weighted by Gasteiger charge is 2.33. The van der Waals surface area contributed by atoms with Gasteiger partial charge in [0.25, 0.3) is 0 Å². The Bertz CT molecular complexity index is 341. The van der Waals surface area contributed by atoms with Crippen LogP contribution in [0.4, 0.5) is 0 Å². The Morgan fingerprint density at radius 1 is 1.00 bits per heavy atom. The van der Waals surface area contributed by atoms with E-state index in [9.17, 15) is 4.79 Å². The lowest BCUT2D eigenvalue weighted by molar-refractivity contribution is -0.129. The second kappa shape index (κ2) is 9.12. The molecule has 20 heavy (non-hydrogen) atoms. The predicted molar refractivity (Wildman–Crippen MR) is 88.8 cm³/mol. The lowest BCUT2D eigenvalue weighted by Gasteiger charge is -2.37. The summed E-state index contributed by atoms with van der Waals surface area (Å²) in [5, 5.41) is 0. The molecule has 3 atom stereocenters. The van der Waals surface area contributed by atoms with Crippen molar-refractivity contribution in [2.45, 2.75) is 60.5 Å². The van der Waals surface area contributed by atoms with E-state index < -0.39 is 0 Å². The number of carbonyl (C=O) groups is 1. The molecule has 0 aromatic carbocycles. The number of likely N-dealkylation sites (N-methyl/N-ethyl adjacent to an activating group) is 1. The molecule has 0 aromatic rings. The lowest BCUT2D eigenvalue weighted by Crippen LogP contribution is -2.49. The molecule has 0 aliphatic rings. The van der Waals surface area contributed by atoms with Crippen LogP contribution in [0.15, 0.2) is 24.3 Å². The molecule has 2 nitrogen and oxygen atoms in total.